The van der Waals surface area contributed by atoms with E-state index in [1.54, 1.807) is 18.2 Å². The van der Waals surface area contributed by atoms with Gasteiger partial charge in [0.2, 0.25) is 0 Å². The predicted octanol–water partition coefficient (Wildman–Crippen LogP) is 4.72. The highest BCUT2D eigenvalue weighted by molar-refractivity contribution is 7.98. The van der Waals surface area contributed by atoms with Gasteiger partial charge in [0, 0.05) is 22.0 Å². The molecule has 1 amide bonds. The van der Waals surface area contributed by atoms with Crippen molar-refractivity contribution in [2.24, 2.45) is 0 Å². The Morgan fingerprint density at radius 1 is 1.08 bits per heavy atom. The van der Waals surface area contributed by atoms with Gasteiger partial charge in [0.05, 0.1) is 4.92 Å². The SMILES string of the molecule is CSc1ccc([N+](=O)[O-])c(C(=O)Nc2cccc3ccccc23)c1. The molecular formula is C18H14N2O3S. The van der Waals surface area contributed by atoms with Gasteiger partial charge < -0.3 is 5.32 Å². The number of thioether (sulfide) groups is 1. The lowest BCUT2D eigenvalue weighted by molar-refractivity contribution is -0.385. The van der Waals surface area contributed by atoms with E-state index >= 15 is 0 Å². The highest BCUT2D eigenvalue weighted by Gasteiger charge is 2.21. The van der Waals surface area contributed by atoms with Crippen LogP contribution in [0.25, 0.3) is 10.8 Å². The van der Waals surface area contributed by atoms with Crippen LogP contribution in [0.1, 0.15) is 10.4 Å². The summed E-state index contributed by atoms with van der Waals surface area (Å²) < 4.78 is 0. The van der Waals surface area contributed by atoms with Gasteiger partial charge in [0.15, 0.2) is 0 Å². The maximum atomic E-state index is 12.6. The van der Waals surface area contributed by atoms with E-state index in [9.17, 15) is 14.9 Å². The number of carbonyl (C=O) groups is 1. The zero-order chi connectivity index (χ0) is 17.1. The monoisotopic (exact) mass is 338 g/mol. The second-order valence-electron chi connectivity index (χ2n) is 5.12. The molecule has 0 fully saturated rings. The quantitative estimate of drug-likeness (QED) is 0.424. The molecular weight excluding hydrogens is 324 g/mol. The Hall–Kier alpha value is -2.86. The van der Waals surface area contributed by atoms with Crippen LogP contribution in [0.15, 0.2) is 65.6 Å². The summed E-state index contributed by atoms with van der Waals surface area (Å²) in [5.74, 6) is -0.492. The van der Waals surface area contributed by atoms with Crippen molar-refractivity contribution in [3.8, 4) is 0 Å². The fourth-order valence-electron chi connectivity index (χ4n) is 2.51. The molecule has 6 heteroatoms. The van der Waals surface area contributed by atoms with Crippen LogP contribution in [0.4, 0.5) is 11.4 Å². The largest absolute Gasteiger partial charge is 0.321 e. The highest BCUT2D eigenvalue weighted by Crippen LogP contribution is 2.27. The zero-order valence-electron chi connectivity index (χ0n) is 12.9. The second kappa shape index (κ2) is 6.72. The third-order valence-electron chi connectivity index (χ3n) is 3.68. The highest BCUT2D eigenvalue weighted by atomic mass is 32.2. The van der Waals surface area contributed by atoms with Gasteiger partial charge in [-0.05, 0) is 29.8 Å². The van der Waals surface area contributed by atoms with Gasteiger partial charge in [-0.1, -0.05) is 36.4 Å². The molecule has 5 nitrogen and oxygen atoms in total. The van der Waals surface area contributed by atoms with E-state index in [0.717, 1.165) is 15.7 Å². The molecule has 1 N–H and O–H groups in total. The molecule has 3 aromatic rings. The lowest BCUT2D eigenvalue weighted by atomic mass is 10.1. The fraction of sp³-hybridized carbons (Fsp3) is 0.0556. The molecule has 3 rings (SSSR count). The Labute approximate surface area is 142 Å². The Bertz CT molecular complexity index is 935. The van der Waals surface area contributed by atoms with Gasteiger partial charge in [0.1, 0.15) is 5.56 Å². The van der Waals surface area contributed by atoms with Gasteiger partial charge >= 0.3 is 0 Å². The van der Waals surface area contributed by atoms with Gasteiger partial charge in [-0.2, -0.15) is 0 Å². The molecule has 24 heavy (non-hydrogen) atoms. The summed E-state index contributed by atoms with van der Waals surface area (Å²) in [5.41, 5.74) is 0.479. The molecule has 0 aliphatic rings. The molecule has 0 heterocycles. The number of amides is 1. The summed E-state index contributed by atoms with van der Waals surface area (Å²) in [5, 5.41) is 15.9. The third-order valence-corrected chi connectivity index (χ3v) is 4.41. The minimum atomic E-state index is -0.540. The molecule has 0 saturated carbocycles. The number of anilines is 1. The minimum absolute atomic E-state index is 0.0554. The number of rotatable bonds is 4. The molecule has 0 saturated heterocycles. The first-order valence-electron chi connectivity index (χ1n) is 7.21. The zero-order valence-corrected chi connectivity index (χ0v) is 13.7. The molecule has 0 unspecified atom stereocenters. The fourth-order valence-corrected chi connectivity index (χ4v) is 2.95. The van der Waals surface area contributed by atoms with Crippen molar-refractivity contribution >= 4 is 39.8 Å². The van der Waals surface area contributed by atoms with E-state index in [0.29, 0.717) is 5.69 Å². The van der Waals surface area contributed by atoms with Gasteiger partial charge in [-0.3, -0.25) is 14.9 Å². The third kappa shape index (κ3) is 3.09. The van der Waals surface area contributed by atoms with Crippen molar-refractivity contribution in [2.45, 2.75) is 4.90 Å². The molecule has 120 valence electrons. The smallest absolute Gasteiger partial charge is 0.282 e. The van der Waals surface area contributed by atoms with E-state index in [1.165, 1.54) is 17.8 Å². The number of fused-ring (bicyclic) bond motifs is 1. The topological polar surface area (TPSA) is 72.2 Å². The average Bonchev–Trinajstić information content (AvgIpc) is 2.61. The van der Waals surface area contributed by atoms with Crippen LogP contribution in [-0.4, -0.2) is 17.1 Å². The first kappa shape index (κ1) is 16.0. The number of hydrogen-bond donors (Lipinski definition) is 1. The summed E-state index contributed by atoms with van der Waals surface area (Å²) in [6, 6.07) is 17.8. The van der Waals surface area contributed by atoms with Crippen molar-refractivity contribution in [1.29, 1.82) is 0 Å². The first-order chi connectivity index (χ1) is 11.6. The standard InChI is InChI=1S/C18H14N2O3S/c1-24-13-9-10-17(20(22)23)15(11-13)18(21)19-16-8-4-6-12-5-2-3-7-14(12)16/h2-11H,1H3,(H,19,21). The molecule has 0 aliphatic carbocycles. The van der Waals surface area contributed by atoms with Crippen LogP contribution in [-0.2, 0) is 0 Å². The van der Waals surface area contributed by atoms with E-state index in [2.05, 4.69) is 5.32 Å². The average molecular weight is 338 g/mol. The van der Waals surface area contributed by atoms with Crippen LogP contribution >= 0.6 is 11.8 Å². The summed E-state index contributed by atoms with van der Waals surface area (Å²) >= 11 is 1.43. The molecule has 0 aromatic heterocycles. The Morgan fingerprint density at radius 3 is 2.58 bits per heavy atom. The normalized spacial score (nSPS) is 10.5. The number of carbonyl (C=O) groups excluding carboxylic acids is 1. The molecule has 3 aromatic carbocycles. The summed E-state index contributed by atoms with van der Waals surface area (Å²) in [4.78, 5) is 24.1. The Kier molecular flexibility index (Phi) is 4.48. The van der Waals surface area contributed by atoms with Crippen LogP contribution in [0.5, 0.6) is 0 Å². The molecule has 0 aliphatic heterocycles. The summed E-state index contributed by atoms with van der Waals surface area (Å²) in [6.45, 7) is 0. The minimum Gasteiger partial charge on any atom is -0.321 e. The van der Waals surface area contributed by atoms with Crippen LogP contribution in [0.2, 0.25) is 0 Å². The number of benzene rings is 3. The number of nitrogens with one attached hydrogen (secondary N) is 1. The maximum absolute atomic E-state index is 12.6. The second-order valence-corrected chi connectivity index (χ2v) is 6.00. The number of hydrogen-bond acceptors (Lipinski definition) is 4. The number of nitrogens with zero attached hydrogens (tertiary/aromatic N) is 1. The number of nitro groups is 1. The van der Waals surface area contributed by atoms with E-state index < -0.39 is 10.8 Å². The van der Waals surface area contributed by atoms with Crippen molar-refractivity contribution in [2.75, 3.05) is 11.6 Å². The van der Waals surface area contributed by atoms with Gasteiger partial charge in [-0.15, -0.1) is 11.8 Å². The molecule has 0 spiro atoms. The van der Waals surface area contributed by atoms with E-state index in [1.807, 2.05) is 42.7 Å². The summed E-state index contributed by atoms with van der Waals surface area (Å²) in [7, 11) is 0. The van der Waals surface area contributed by atoms with Crippen LogP contribution in [0.3, 0.4) is 0 Å². The Morgan fingerprint density at radius 2 is 1.83 bits per heavy atom. The van der Waals surface area contributed by atoms with Crippen molar-refractivity contribution < 1.29 is 9.72 Å². The van der Waals surface area contributed by atoms with Crippen LogP contribution in [0, 0.1) is 10.1 Å². The summed E-state index contributed by atoms with van der Waals surface area (Å²) in [6.07, 6.45) is 1.85. The van der Waals surface area contributed by atoms with Crippen molar-refractivity contribution in [3.63, 3.8) is 0 Å². The van der Waals surface area contributed by atoms with Crippen LogP contribution < -0.4 is 5.32 Å². The van der Waals surface area contributed by atoms with E-state index in [-0.39, 0.29) is 11.3 Å². The lowest BCUT2D eigenvalue weighted by Crippen LogP contribution is -2.14. The van der Waals surface area contributed by atoms with Gasteiger partial charge in [-0.25, -0.2) is 0 Å². The lowest BCUT2D eigenvalue weighted by Gasteiger charge is -2.10. The maximum Gasteiger partial charge on any atom is 0.282 e. The molecule has 0 atom stereocenters. The first-order valence-corrected chi connectivity index (χ1v) is 8.44. The molecule has 0 bridgehead atoms. The van der Waals surface area contributed by atoms with Gasteiger partial charge in [0.25, 0.3) is 11.6 Å². The number of nitro benzene ring substituents is 1. The molecule has 0 radical (unpaired) electrons. The Balaban J connectivity index is 2.02. The predicted molar refractivity (Wildman–Crippen MR) is 96.8 cm³/mol. The van der Waals surface area contributed by atoms with E-state index in [4.69, 9.17) is 0 Å². The van der Waals surface area contributed by atoms with Crippen molar-refractivity contribution in [1.82, 2.24) is 0 Å². The van der Waals surface area contributed by atoms with Crippen molar-refractivity contribution in [3.05, 3.63) is 76.3 Å².